The minimum Gasteiger partial charge on any atom is -0.481 e. The molecule has 2 saturated heterocycles. The summed E-state index contributed by atoms with van der Waals surface area (Å²) in [6, 6.07) is 0. The quantitative estimate of drug-likeness (QED) is 0.172. The maximum absolute atomic E-state index is 12.5. The van der Waals surface area contributed by atoms with E-state index in [-0.39, 0.29) is 38.9 Å². The van der Waals surface area contributed by atoms with E-state index < -0.39 is 90.8 Å². The number of aliphatic hydroxyl groups is 5. The molecule has 0 bridgehead atoms. The Bertz CT molecular complexity index is 1710. The van der Waals surface area contributed by atoms with Gasteiger partial charge < -0.3 is 59.8 Å². The van der Waals surface area contributed by atoms with Crippen molar-refractivity contribution in [2.24, 2.45) is 44.3 Å². The van der Waals surface area contributed by atoms with Crippen molar-refractivity contribution in [1.82, 2.24) is 0 Å². The van der Waals surface area contributed by atoms with Crippen LogP contribution in [0.3, 0.4) is 0 Å². The van der Waals surface area contributed by atoms with Gasteiger partial charge in [0, 0.05) is 0 Å². The van der Waals surface area contributed by atoms with Crippen LogP contribution in [0.2, 0.25) is 0 Å². The molecule has 5 aliphatic carbocycles. The molecule has 7 aliphatic rings. The third-order valence-corrected chi connectivity index (χ3v) is 16.6. The number of rotatable bonds is 7. The first kappa shape index (κ1) is 42.6. The van der Waals surface area contributed by atoms with Crippen molar-refractivity contribution < 1.29 is 74.2 Å². The predicted molar refractivity (Wildman–Crippen MR) is 199 cm³/mol. The predicted octanol–water partition coefficient (Wildman–Crippen LogP) is 2.99. The van der Waals surface area contributed by atoms with Crippen molar-refractivity contribution in [2.75, 3.05) is 0 Å². The van der Waals surface area contributed by atoms with E-state index in [1.807, 2.05) is 6.92 Å². The van der Waals surface area contributed by atoms with Crippen molar-refractivity contribution in [3.05, 3.63) is 23.3 Å². The molecule has 7 rings (SSSR count). The average molecular weight is 807 g/mol. The van der Waals surface area contributed by atoms with E-state index in [4.69, 9.17) is 18.9 Å². The van der Waals surface area contributed by atoms with Crippen LogP contribution < -0.4 is 0 Å². The highest BCUT2D eigenvalue weighted by atomic mass is 16.8. The normalized spacial score (nSPS) is 51.8. The summed E-state index contributed by atoms with van der Waals surface area (Å²) in [6.45, 7) is 15.6. The standard InChI is InChI=1S/C42H62O15/c1-37(2)16-19(54-35-31(27(46)26(45)30(56-35)33(50)51)57-34-28(47)24(43)25(44)29(55-34)32(48)49)17-40(5)22(37)10-11-42(7)23(40)9-8-20-21-18-39(4,36(52)53)13-12-38(21,3)14-15-41(20,42)6/h8-9,19,22-31,34-35,43-47H,10-18H2,1-7H3,(H,48,49)(H,50,51)(H,52,53)/t19-,22?,23?,24+,25+,26+,27+,28-,29+,30+,31-,34+,35-,38-,39+,40+,41?,42-/m1/s1. The highest BCUT2D eigenvalue weighted by Gasteiger charge is 2.67. The molecule has 5 fully saturated rings. The van der Waals surface area contributed by atoms with Gasteiger partial charge in [0.05, 0.1) is 11.5 Å². The second kappa shape index (κ2) is 14.1. The maximum Gasteiger partial charge on any atom is 0.335 e. The number of hydrogen-bond donors (Lipinski definition) is 8. The van der Waals surface area contributed by atoms with Gasteiger partial charge in [-0.05, 0) is 109 Å². The third kappa shape index (κ3) is 6.44. The number of carboxylic acids is 3. The van der Waals surface area contributed by atoms with Gasteiger partial charge in [0.2, 0.25) is 0 Å². The number of fused-ring (bicyclic) bond motifs is 6. The monoisotopic (exact) mass is 806 g/mol. The molecule has 0 aromatic carbocycles. The molecular formula is C42H62O15. The fourth-order valence-corrected chi connectivity index (χ4v) is 13.0. The lowest BCUT2D eigenvalue weighted by atomic mass is 9.35. The van der Waals surface area contributed by atoms with Crippen LogP contribution in [-0.2, 0) is 33.3 Å². The number of carboxylic acid groups (broad SMARTS) is 3. The molecule has 15 heteroatoms. The van der Waals surface area contributed by atoms with E-state index in [1.165, 1.54) is 11.1 Å². The Morgan fingerprint density at radius 3 is 1.91 bits per heavy atom. The first-order valence-electron chi connectivity index (χ1n) is 20.5. The largest absolute Gasteiger partial charge is 0.481 e. The van der Waals surface area contributed by atoms with Crippen molar-refractivity contribution in [3.8, 4) is 0 Å². The average Bonchev–Trinajstić information content (AvgIpc) is 3.11. The molecule has 0 aromatic rings. The van der Waals surface area contributed by atoms with Gasteiger partial charge in [-0.3, -0.25) is 4.79 Å². The van der Waals surface area contributed by atoms with Gasteiger partial charge in [-0.25, -0.2) is 9.59 Å². The van der Waals surface area contributed by atoms with Crippen LogP contribution in [0.1, 0.15) is 106 Å². The van der Waals surface area contributed by atoms with Crippen LogP contribution >= 0.6 is 0 Å². The molecule has 3 unspecified atom stereocenters. The molecule has 18 atom stereocenters. The van der Waals surface area contributed by atoms with E-state index in [1.54, 1.807) is 0 Å². The van der Waals surface area contributed by atoms with Crippen molar-refractivity contribution in [3.63, 3.8) is 0 Å². The molecule has 15 nitrogen and oxygen atoms in total. The highest BCUT2D eigenvalue weighted by Crippen LogP contribution is 2.74. The summed E-state index contributed by atoms with van der Waals surface area (Å²) in [7, 11) is 0. The zero-order chi connectivity index (χ0) is 42.0. The highest BCUT2D eigenvalue weighted by molar-refractivity contribution is 5.75. The number of aliphatic carboxylic acids is 3. The van der Waals surface area contributed by atoms with Crippen LogP contribution in [0.15, 0.2) is 23.3 Å². The summed E-state index contributed by atoms with van der Waals surface area (Å²) < 4.78 is 23.6. The zero-order valence-electron chi connectivity index (χ0n) is 34.0. The van der Waals surface area contributed by atoms with Gasteiger partial charge in [0.15, 0.2) is 24.8 Å². The van der Waals surface area contributed by atoms with Gasteiger partial charge in [-0.15, -0.1) is 0 Å². The number of aliphatic hydroxyl groups excluding tert-OH is 5. The van der Waals surface area contributed by atoms with Crippen LogP contribution in [-0.4, -0.2) is 126 Å². The fraction of sp³-hybridized carbons (Fsp3) is 0.833. The Labute approximate surface area is 333 Å². The first-order chi connectivity index (χ1) is 26.3. The number of carbonyl (C=O) groups is 3. The SMILES string of the molecule is CC1(C)C[C@@H](O[C@@H]2O[C@H](C(=O)O)[C@@H](O)[C@H](O)[C@H]2O[C@@H]2O[C@H](C(=O)O)[C@@H](O)[C@H](O)[C@H]2O)C[C@@]2(C)C1CC[C@]1(C)C2C=CC2=C3C[C@@](C)(C(=O)O)CC[C@]3(C)CCC21C. The van der Waals surface area contributed by atoms with Crippen molar-refractivity contribution >= 4 is 17.9 Å². The summed E-state index contributed by atoms with van der Waals surface area (Å²) in [5, 5.41) is 83.3. The van der Waals surface area contributed by atoms with Crippen molar-refractivity contribution in [1.29, 1.82) is 0 Å². The Balaban J connectivity index is 1.22. The molecule has 0 aromatic heterocycles. The lowest BCUT2D eigenvalue weighted by molar-refractivity contribution is -0.368. The Morgan fingerprint density at radius 2 is 1.30 bits per heavy atom. The number of ether oxygens (including phenoxy) is 4. The van der Waals surface area contributed by atoms with Crippen LogP contribution in [0.4, 0.5) is 0 Å². The molecule has 2 aliphatic heterocycles. The molecule has 3 saturated carbocycles. The molecule has 0 radical (unpaired) electrons. The summed E-state index contributed by atoms with van der Waals surface area (Å²) >= 11 is 0. The van der Waals surface area contributed by atoms with E-state index in [0.29, 0.717) is 25.7 Å². The first-order valence-corrected chi connectivity index (χ1v) is 20.5. The molecular weight excluding hydrogens is 744 g/mol. The Hall–Kier alpha value is -2.47. The molecule has 8 N–H and O–H groups in total. The second-order valence-corrected chi connectivity index (χ2v) is 20.4. The lowest BCUT2D eigenvalue weighted by Crippen LogP contribution is -2.66. The fourth-order valence-electron chi connectivity index (χ4n) is 13.0. The van der Waals surface area contributed by atoms with Crippen molar-refractivity contribution in [2.45, 2.75) is 174 Å². The van der Waals surface area contributed by atoms with E-state index >= 15 is 0 Å². The van der Waals surface area contributed by atoms with Gasteiger partial charge in [0.25, 0.3) is 0 Å². The summed E-state index contributed by atoms with van der Waals surface area (Å²) in [5.74, 6) is -3.64. The van der Waals surface area contributed by atoms with Crippen LogP contribution in [0, 0.1) is 44.3 Å². The number of hydrogen-bond acceptors (Lipinski definition) is 12. The zero-order valence-corrected chi connectivity index (χ0v) is 34.0. The summed E-state index contributed by atoms with van der Waals surface area (Å²) in [6.07, 6.45) is -8.28. The Kier molecular flexibility index (Phi) is 10.5. The van der Waals surface area contributed by atoms with Crippen LogP contribution in [0.5, 0.6) is 0 Å². The Morgan fingerprint density at radius 1 is 0.702 bits per heavy atom. The molecule has 2 heterocycles. The minimum atomic E-state index is -2.02. The topological polar surface area (TPSA) is 250 Å². The molecule has 0 amide bonds. The number of allylic oxidation sites excluding steroid dienone is 4. The third-order valence-electron chi connectivity index (χ3n) is 16.6. The van der Waals surface area contributed by atoms with E-state index in [9.17, 15) is 55.2 Å². The van der Waals surface area contributed by atoms with Gasteiger partial charge in [0.1, 0.15) is 36.6 Å². The summed E-state index contributed by atoms with van der Waals surface area (Å²) in [4.78, 5) is 36.6. The smallest absolute Gasteiger partial charge is 0.335 e. The second-order valence-electron chi connectivity index (χ2n) is 20.4. The molecule has 57 heavy (non-hydrogen) atoms. The van der Waals surface area contributed by atoms with Gasteiger partial charge >= 0.3 is 17.9 Å². The minimum absolute atomic E-state index is 0.0556. The summed E-state index contributed by atoms with van der Waals surface area (Å²) in [5.41, 5.74) is 0.607. The van der Waals surface area contributed by atoms with Crippen LogP contribution in [0.25, 0.3) is 0 Å². The van der Waals surface area contributed by atoms with E-state index in [0.717, 1.165) is 32.1 Å². The van der Waals surface area contributed by atoms with Gasteiger partial charge in [-0.1, -0.05) is 59.3 Å². The molecule has 320 valence electrons. The van der Waals surface area contributed by atoms with Gasteiger partial charge in [-0.2, -0.15) is 0 Å². The molecule has 0 spiro atoms. The lowest BCUT2D eigenvalue weighted by Gasteiger charge is -2.69. The maximum atomic E-state index is 12.5. The van der Waals surface area contributed by atoms with E-state index in [2.05, 4.69) is 53.7 Å².